The molecule has 2 rings (SSSR count). The maximum absolute atomic E-state index is 3.90. The summed E-state index contributed by atoms with van der Waals surface area (Å²) in [5, 5.41) is 11.5. The van der Waals surface area contributed by atoms with Gasteiger partial charge in [0.05, 0.1) is 0 Å². The van der Waals surface area contributed by atoms with Gasteiger partial charge in [0.15, 0.2) is 0 Å². The Hall–Kier alpha value is -1.49. The average molecular weight is 262 g/mol. The van der Waals surface area contributed by atoms with Crippen LogP contribution in [0.2, 0.25) is 0 Å². The highest BCUT2D eigenvalue weighted by Crippen LogP contribution is 2.27. The van der Waals surface area contributed by atoms with Gasteiger partial charge in [-0.3, -0.25) is 0 Å². The molecule has 0 spiro atoms. The van der Waals surface area contributed by atoms with Crippen molar-refractivity contribution >= 4 is 16.7 Å². The minimum absolute atomic E-state index is 0.0434. The van der Waals surface area contributed by atoms with Gasteiger partial charge in [0.1, 0.15) is 0 Å². The summed E-state index contributed by atoms with van der Waals surface area (Å²) in [6, 6.07) is 6.59. The van der Waals surface area contributed by atoms with E-state index in [2.05, 4.69) is 66.0 Å². The number of rotatable bonds is 4. The zero-order chi connectivity index (χ0) is 13.2. The normalized spacial score (nSPS) is 11.6. The van der Waals surface area contributed by atoms with Crippen molar-refractivity contribution in [3.63, 3.8) is 0 Å². The Labute approximate surface area is 112 Å². The number of benzene rings is 1. The number of aryl methyl sites for hydroxylation is 2. The third kappa shape index (κ3) is 2.85. The lowest BCUT2D eigenvalue weighted by Gasteiger charge is -2.27. The molecule has 1 aromatic carbocycles. The van der Waals surface area contributed by atoms with E-state index in [9.17, 15) is 0 Å². The van der Waals surface area contributed by atoms with E-state index < -0.39 is 0 Å². The molecule has 0 radical (unpaired) electrons. The molecule has 0 aliphatic carbocycles. The fourth-order valence-corrected chi connectivity index (χ4v) is 2.42. The topological polar surface area (TPSA) is 50.7 Å². The zero-order valence-corrected chi connectivity index (χ0v) is 12.0. The van der Waals surface area contributed by atoms with E-state index in [1.165, 1.54) is 28.2 Å². The maximum Gasteiger partial charge on any atom is 0.225 e. The Kier molecular flexibility index (Phi) is 3.61. The van der Waals surface area contributed by atoms with Crippen LogP contribution in [0.1, 0.15) is 30.5 Å². The second-order valence-corrected chi connectivity index (χ2v) is 5.96. The van der Waals surface area contributed by atoms with E-state index in [0.717, 1.165) is 11.7 Å². The van der Waals surface area contributed by atoms with Gasteiger partial charge < -0.3 is 5.32 Å². The third-order valence-electron chi connectivity index (χ3n) is 3.10. The first-order chi connectivity index (χ1) is 8.49. The molecular weight excluding hydrogens is 244 g/mol. The van der Waals surface area contributed by atoms with Crippen molar-refractivity contribution in [3.05, 3.63) is 34.9 Å². The zero-order valence-electron chi connectivity index (χ0n) is 11.2. The van der Waals surface area contributed by atoms with Crippen LogP contribution in [0.15, 0.2) is 18.2 Å². The van der Waals surface area contributed by atoms with Gasteiger partial charge in [-0.15, -0.1) is 0 Å². The van der Waals surface area contributed by atoms with Crippen LogP contribution in [0.25, 0.3) is 0 Å². The molecule has 0 fully saturated rings. The van der Waals surface area contributed by atoms with E-state index in [1.807, 2.05) is 0 Å². The molecular formula is C13H18N4S. The molecule has 5 heteroatoms. The lowest BCUT2D eigenvalue weighted by atomic mass is 9.81. The molecule has 1 N–H and O–H groups in total. The number of anilines is 1. The molecule has 0 bridgehead atoms. The second-order valence-electron chi connectivity index (χ2n) is 5.22. The fourth-order valence-electron chi connectivity index (χ4n) is 2.06. The SMILES string of the molecule is Cc1ccc(C)c(C(C)(C)CNc2nnns2)c1. The van der Waals surface area contributed by atoms with Crippen LogP contribution in [0.3, 0.4) is 0 Å². The van der Waals surface area contributed by atoms with Crippen LogP contribution < -0.4 is 5.32 Å². The summed E-state index contributed by atoms with van der Waals surface area (Å²) in [6.45, 7) is 9.56. The summed E-state index contributed by atoms with van der Waals surface area (Å²) < 4.78 is 3.75. The molecule has 0 aliphatic rings. The van der Waals surface area contributed by atoms with E-state index in [0.29, 0.717) is 0 Å². The van der Waals surface area contributed by atoms with Gasteiger partial charge >= 0.3 is 0 Å². The summed E-state index contributed by atoms with van der Waals surface area (Å²) in [6.07, 6.45) is 0. The van der Waals surface area contributed by atoms with Crippen molar-refractivity contribution in [1.29, 1.82) is 0 Å². The molecule has 1 aromatic heterocycles. The van der Waals surface area contributed by atoms with E-state index in [-0.39, 0.29) is 5.41 Å². The quantitative estimate of drug-likeness (QED) is 0.920. The first-order valence-corrected chi connectivity index (χ1v) is 6.73. The highest BCUT2D eigenvalue weighted by atomic mass is 32.1. The van der Waals surface area contributed by atoms with Gasteiger partial charge in [-0.2, -0.15) is 0 Å². The van der Waals surface area contributed by atoms with Crippen molar-refractivity contribution in [2.75, 3.05) is 11.9 Å². The number of nitrogens with zero attached hydrogens (tertiary/aromatic N) is 3. The van der Waals surface area contributed by atoms with Crippen molar-refractivity contribution < 1.29 is 0 Å². The van der Waals surface area contributed by atoms with Gasteiger partial charge in [-0.1, -0.05) is 47.2 Å². The number of hydrogen-bond donors (Lipinski definition) is 1. The molecule has 0 saturated heterocycles. The average Bonchev–Trinajstić information content (AvgIpc) is 2.83. The van der Waals surface area contributed by atoms with Gasteiger partial charge in [0.2, 0.25) is 5.13 Å². The molecule has 18 heavy (non-hydrogen) atoms. The lowest BCUT2D eigenvalue weighted by molar-refractivity contribution is 0.552. The first-order valence-electron chi connectivity index (χ1n) is 5.96. The van der Waals surface area contributed by atoms with Crippen LogP contribution in [-0.4, -0.2) is 21.3 Å². The Morgan fingerprint density at radius 2 is 2.06 bits per heavy atom. The lowest BCUT2D eigenvalue weighted by Crippen LogP contribution is -2.28. The minimum Gasteiger partial charge on any atom is -0.358 e. The van der Waals surface area contributed by atoms with E-state index >= 15 is 0 Å². The van der Waals surface area contributed by atoms with Crippen LogP contribution in [0.5, 0.6) is 0 Å². The summed E-state index contributed by atoms with van der Waals surface area (Å²) in [5.41, 5.74) is 4.03. The maximum atomic E-state index is 3.90. The third-order valence-corrected chi connectivity index (χ3v) is 3.66. The molecule has 4 nitrogen and oxygen atoms in total. The van der Waals surface area contributed by atoms with E-state index in [4.69, 9.17) is 0 Å². The van der Waals surface area contributed by atoms with Crippen molar-refractivity contribution in [1.82, 2.24) is 14.8 Å². The Morgan fingerprint density at radius 1 is 1.28 bits per heavy atom. The minimum atomic E-state index is 0.0434. The molecule has 1 heterocycles. The second kappa shape index (κ2) is 5.02. The number of nitrogens with one attached hydrogen (secondary N) is 1. The molecule has 96 valence electrons. The number of aromatic nitrogens is 3. The first kappa shape index (κ1) is 13.0. The summed E-state index contributed by atoms with van der Waals surface area (Å²) in [5.74, 6) is 0. The van der Waals surface area contributed by atoms with Crippen molar-refractivity contribution in [3.8, 4) is 0 Å². The summed E-state index contributed by atoms with van der Waals surface area (Å²) >= 11 is 1.28. The Morgan fingerprint density at radius 3 is 2.72 bits per heavy atom. The van der Waals surface area contributed by atoms with Gasteiger partial charge in [-0.05, 0) is 30.2 Å². The largest absolute Gasteiger partial charge is 0.358 e. The molecule has 0 atom stereocenters. The predicted octanol–water partition coefficient (Wildman–Crippen LogP) is 2.94. The van der Waals surface area contributed by atoms with Crippen molar-refractivity contribution in [2.45, 2.75) is 33.1 Å². The summed E-state index contributed by atoms with van der Waals surface area (Å²) in [4.78, 5) is 0. The Balaban J connectivity index is 2.16. The highest BCUT2D eigenvalue weighted by molar-refractivity contribution is 7.09. The highest BCUT2D eigenvalue weighted by Gasteiger charge is 2.22. The molecule has 0 saturated carbocycles. The van der Waals surface area contributed by atoms with Crippen LogP contribution >= 0.6 is 11.5 Å². The van der Waals surface area contributed by atoms with Gasteiger partial charge in [0.25, 0.3) is 0 Å². The van der Waals surface area contributed by atoms with Gasteiger partial charge in [-0.25, -0.2) is 0 Å². The number of hydrogen-bond acceptors (Lipinski definition) is 5. The molecule has 0 unspecified atom stereocenters. The molecule has 2 aromatic rings. The monoisotopic (exact) mass is 262 g/mol. The standard InChI is InChI=1S/C13H18N4S/c1-9-5-6-10(2)11(7-9)13(3,4)8-14-12-15-16-17-18-12/h5-7H,8H2,1-4H3,(H,14,15,17). The Bertz CT molecular complexity index is 520. The van der Waals surface area contributed by atoms with Crippen molar-refractivity contribution in [2.24, 2.45) is 0 Å². The van der Waals surface area contributed by atoms with Crippen LogP contribution in [0, 0.1) is 13.8 Å². The predicted molar refractivity (Wildman–Crippen MR) is 75.1 cm³/mol. The van der Waals surface area contributed by atoms with Crippen LogP contribution in [-0.2, 0) is 5.41 Å². The molecule has 0 aliphatic heterocycles. The molecule has 0 amide bonds. The van der Waals surface area contributed by atoms with Crippen LogP contribution in [0.4, 0.5) is 5.13 Å². The van der Waals surface area contributed by atoms with E-state index in [1.54, 1.807) is 0 Å². The fraction of sp³-hybridized carbons (Fsp3) is 0.462. The summed E-state index contributed by atoms with van der Waals surface area (Å²) in [7, 11) is 0. The van der Waals surface area contributed by atoms with Gasteiger partial charge in [0, 0.05) is 23.5 Å². The smallest absolute Gasteiger partial charge is 0.225 e.